The summed E-state index contributed by atoms with van der Waals surface area (Å²) in [5.74, 6) is -0.559. The van der Waals surface area contributed by atoms with Crippen LogP contribution >= 0.6 is 0 Å². The van der Waals surface area contributed by atoms with E-state index in [0.29, 0.717) is 5.92 Å². The Morgan fingerprint density at radius 1 is 1.35 bits per heavy atom. The number of nitrogens with zero attached hydrogens (tertiary/aromatic N) is 2. The van der Waals surface area contributed by atoms with E-state index in [-0.39, 0.29) is 12.1 Å². The predicted molar refractivity (Wildman–Crippen MR) is 64.8 cm³/mol. The number of carbonyl (C=O) groups excluding carboxylic acids is 1. The maximum Gasteiger partial charge on any atom is 0.326 e. The van der Waals surface area contributed by atoms with Crippen molar-refractivity contribution >= 4 is 12.0 Å². The summed E-state index contributed by atoms with van der Waals surface area (Å²) in [5.41, 5.74) is 0. The molecule has 0 aromatic rings. The number of carboxylic acids is 1. The summed E-state index contributed by atoms with van der Waals surface area (Å²) in [6.45, 7) is 6.45. The average Bonchev–Trinajstić information content (AvgIpc) is 2.74. The van der Waals surface area contributed by atoms with Gasteiger partial charge in [-0.25, -0.2) is 9.59 Å². The van der Waals surface area contributed by atoms with E-state index in [1.165, 1.54) is 11.8 Å². The van der Waals surface area contributed by atoms with Crippen molar-refractivity contribution in [2.24, 2.45) is 5.92 Å². The Morgan fingerprint density at radius 2 is 1.94 bits per heavy atom. The molecule has 0 aromatic carbocycles. The van der Waals surface area contributed by atoms with Crippen molar-refractivity contribution in [2.75, 3.05) is 13.6 Å². The molecule has 17 heavy (non-hydrogen) atoms. The molecule has 1 N–H and O–H groups in total. The highest BCUT2D eigenvalue weighted by Gasteiger charge is 2.34. The first kappa shape index (κ1) is 13.8. The summed E-state index contributed by atoms with van der Waals surface area (Å²) < 4.78 is 0. The quantitative estimate of drug-likeness (QED) is 0.818. The molecule has 0 saturated carbocycles. The molecule has 1 fully saturated rings. The minimum Gasteiger partial charge on any atom is -0.480 e. The molecule has 1 heterocycles. The fraction of sp³-hybridized carbons (Fsp3) is 0.833. The van der Waals surface area contributed by atoms with Crippen LogP contribution in [0, 0.1) is 5.92 Å². The molecule has 2 unspecified atom stereocenters. The van der Waals surface area contributed by atoms with Gasteiger partial charge in [-0.2, -0.15) is 0 Å². The lowest BCUT2D eigenvalue weighted by molar-refractivity contribution is -0.141. The van der Waals surface area contributed by atoms with Crippen LogP contribution in [0.2, 0.25) is 0 Å². The Hall–Kier alpha value is -1.26. The molecule has 1 rings (SSSR count). The summed E-state index contributed by atoms with van der Waals surface area (Å²) in [7, 11) is 1.55. The summed E-state index contributed by atoms with van der Waals surface area (Å²) in [5, 5.41) is 8.91. The fourth-order valence-electron chi connectivity index (χ4n) is 2.26. The maximum atomic E-state index is 12.2. The highest BCUT2D eigenvalue weighted by Crippen LogP contribution is 2.25. The van der Waals surface area contributed by atoms with E-state index in [0.717, 1.165) is 19.4 Å². The van der Waals surface area contributed by atoms with Crippen molar-refractivity contribution in [2.45, 2.75) is 45.7 Å². The molecule has 5 heteroatoms. The number of amides is 2. The summed E-state index contributed by atoms with van der Waals surface area (Å²) in [6, 6.07) is -0.710. The molecular formula is C12H22N2O3. The second-order valence-corrected chi connectivity index (χ2v) is 5.05. The Bertz CT molecular complexity index is 304. The number of likely N-dealkylation sites (tertiary alicyclic amines) is 1. The molecule has 0 aromatic heterocycles. The lowest BCUT2D eigenvalue weighted by atomic mass is 10.0. The number of hydrogen-bond donors (Lipinski definition) is 1. The molecular weight excluding hydrogens is 220 g/mol. The lowest BCUT2D eigenvalue weighted by Crippen LogP contribution is -2.50. The van der Waals surface area contributed by atoms with Gasteiger partial charge in [-0.05, 0) is 25.7 Å². The molecule has 2 amide bonds. The highest BCUT2D eigenvalue weighted by atomic mass is 16.4. The SMILES string of the molecule is CC(C)C1CCCN1C(=O)N(C)C(C)C(=O)O. The van der Waals surface area contributed by atoms with Crippen molar-refractivity contribution in [3.05, 3.63) is 0 Å². The van der Waals surface area contributed by atoms with Crippen LogP contribution in [0.5, 0.6) is 0 Å². The highest BCUT2D eigenvalue weighted by molar-refractivity contribution is 5.82. The zero-order valence-electron chi connectivity index (χ0n) is 11.0. The number of carboxylic acid groups (broad SMARTS) is 1. The van der Waals surface area contributed by atoms with Crippen molar-refractivity contribution in [3.8, 4) is 0 Å². The molecule has 5 nitrogen and oxygen atoms in total. The monoisotopic (exact) mass is 242 g/mol. The number of urea groups is 1. The lowest BCUT2D eigenvalue weighted by Gasteiger charge is -2.33. The van der Waals surface area contributed by atoms with Gasteiger partial charge >= 0.3 is 12.0 Å². The minimum absolute atomic E-state index is 0.170. The van der Waals surface area contributed by atoms with Gasteiger partial charge in [-0.3, -0.25) is 0 Å². The van der Waals surface area contributed by atoms with Crippen LogP contribution in [0.1, 0.15) is 33.6 Å². The Labute approximate surface area is 102 Å². The van der Waals surface area contributed by atoms with Crippen LogP contribution in [0.15, 0.2) is 0 Å². The summed E-state index contributed by atoms with van der Waals surface area (Å²) >= 11 is 0. The van der Waals surface area contributed by atoms with Gasteiger partial charge in [0.25, 0.3) is 0 Å². The standard InChI is InChI=1S/C12H22N2O3/c1-8(2)10-6-5-7-14(10)12(17)13(4)9(3)11(15)16/h8-10H,5-7H2,1-4H3,(H,15,16). The number of likely N-dealkylation sites (N-methyl/N-ethyl adjacent to an activating group) is 1. The van der Waals surface area contributed by atoms with Crippen molar-refractivity contribution in [1.29, 1.82) is 0 Å². The molecule has 1 aliphatic heterocycles. The topological polar surface area (TPSA) is 60.9 Å². The normalized spacial score (nSPS) is 21.7. The van der Waals surface area contributed by atoms with Gasteiger partial charge < -0.3 is 14.9 Å². The van der Waals surface area contributed by atoms with E-state index < -0.39 is 12.0 Å². The zero-order chi connectivity index (χ0) is 13.2. The third-order valence-corrected chi connectivity index (χ3v) is 3.55. The second kappa shape index (κ2) is 5.38. The first-order chi connectivity index (χ1) is 7.86. The van der Waals surface area contributed by atoms with Crippen LogP contribution in [-0.2, 0) is 4.79 Å². The zero-order valence-corrected chi connectivity index (χ0v) is 11.0. The van der Waals surface area contributed by atoms with E-state index >= 15 is 0 Å². The first-order valence-electron chi connectivity index (χ1n) is 6.12. The summed E-state index contributed by atoms with van der Waals surface area (Å²) in [6.07, 6.45) is 2.02. The van der Waals surface area contributed by atoms with Gasteiger partial charge in [0.05, 0.1) is 0 Å². The van der Waals surface area contributed by atoms with Crippen LogP contribution in [-0.4, -0.2) is 52.6 Å². The van der Waals surface area contributed by atoms with Crippen LogP contribution in [0.25, 0.3) is 0 Å². The molecule has 1 saturated heterocycles. The van der Waals surface area contributed by atoms with E-state index in [4.69, 9.17) is 5.11 Å². The third-order valence-electron chi connectivity index (χ3n) is 3.55. The van der Waals surface area contributed by atoms with E-state index in [9.17, 15) is 9.59 Å². The van der Waals surface area contributed by atoms with Crippen molar-refractivity contribution < 1.29 is 14.7 Å². The van der Waals surface area contributed by atoms with Gasteiger partial charge in [0.2, 0.25) is 0 Å². The van der Waals surface area contributed by atoms with Gasteiger partial charge in [-0.1, -0.05) is 13.8 Å². The largest absolute Gasteiger partial charge is 0.480 e. The molecule has 0 bridgehead atoms. The average molecular weight is 242 g/mol. The van der Waals surface area contributed by atoms with Gasteiger partial charge in [0, 0.05) is 19.6 Å². The third kappa shape index (κ3) is 2.90. The maximum absolute atomic E-state index is 12.2. The number of carbonyl (C=O) groups is 2. The van der Waals surface area contributed by atoms with Crippen LogP contribution in [0.3, 0.4) is 0 Å². The molecule has 2 atom stereocenters. The Balaban J connectivity index is 2.72. The molecule has 0 aliphatic carbocycles. The smallest absolute Gasteiger partial charge is 0.326 e. The molecule has 0 radical (unpaired) electrons. The van der Waals surface area contributed by atoms with Crippen molar-refractivity contribution in [3.63, 3.8) is 0 Å². The molecule has 98 valence electrons. The Morgan fingerprint density at radius 3 is 2.41 bits per heavy atom. The summed E-state index contributed by atoms with van der Waals surface area (Å²) in [4.78, 5) is 26.2. The van der Waals surface area contributed by atoms with E-state index in [2.05, 4.69) is 13.8 Å². The second-order valence-electron chi connectivity index (χ2n) is 5.05. The number of aliphatic carboxylic acids is 1. The van der Waals surface area contributed by atoms with Crippen LogP contribution in [0.4, 0.5) is 4.79 Å². The number of rotatable bonds is 3. The van der Waals surface area contributed by atoms with Gasteiger partial charge in [0.1, 0.15) is 6.04 Å². The fourth-order valence-corrected chi connectivity index (χ4v) is 2.26. The minimum atomic E-state index is -0.971. The molecule has 0 spiro atoms. The molecule has 1 aliphatic rings. The van der Waals surface area contributed by atoms with E-state index in [1.54, 1.807) is 7.05 Å². The van der Waals surface area contributed by atoms with Gasteiger partial charge in [0.15, 0.2) is 0 Å². The van der Waals surface area contributed by atoms with Crippen molar-refractivity contribution in [1.82, 2.24) is 9.80 Å². The van der Waals surface area contributed by atoms with E-state index in [1.807, 2.05) is 4.90 Å². The number of hydrogen-bond acceptors (Lipinski definition) is 2. The van der Waals surface area contributed by atoms with Crippen LogP contribution < -0.4 is 0 Å². The Kier molecular flexibility index (Phi) is 4.37. The predicted octanol–water partition coefficient (Wildman–Crippen LogP) is 1.63. The first-order valence-corrected chi connectivity index (χ1v) is 6.12. The van der Waals surface area contributed by atoms with Gasteiger partial charge in [-0.15, -0.1) is 0 Å².